The first-order chi connectivity index (χ1) is 6.33. The Morgan fingerprint density at radius 1 is 1.23 bits per heavy atom. The first-order valence-corrected chi connectivity index (χ1v) is 5.28. The number of rotatable bonds is 5. The van der Waals surface area contributed by atoms with Crippen molar-refractivity contribution in [2.45, 2.75) is 46.1 Å². The minimum atomic E-state index is 1.17. The maximum atomic E-state index is 2.28. The molecular weight excluding hydrogens is 158 g/mol. The van der Waals surface area contributed by atoms with E-state index in [4.69, 9.17) is 0 Å². The summed E-state index contributed by atoms with van der Waals surface area (Å²) in [5.74, 6) is 0. The van der Waals surface area contributed by atoms with E-state index in [-0.39, 0.29) is 0 Å². The van der Waals surface area contributed by atoms with Gasteiger partial charge in [0.2, 0.25) is 0 Å². The second-order valence-electron chi connectivity index (χ2n) is 3.68. The van der Waals surface area contributed by atoms with Crippen LogP contribution in [0.25, 0.3) is 0 Å². The molecule has 1 heteroatoms. The molecule has 13 heavy (non-hydrogen) atoms. The van der Waals surface area contributed by atoms with Crippen LogP contribution in [-0.4, -0.2) is 0 Å². The van der Waals surface area contributed by atoms with Crippen LogP contribution in [0.4, 0.5) is 0 Å². The Hall–Kier alpha value is -0.850. The summed E-state index contributed by atoms with van der Waals surface area (Å²) in [5, 5.41) is 0. The quantitative estimate of drug-likeness (QED) is 0.482. The van der Waals surface area contributed by atoms with Gasteiger partial charge in [0.15, 0.2) is 12.4 Å². The van der Waals surface area contributed by atoms with Gasteiger partial charge in [-0.05, 0) is 19.4 Å². The van der Waals surface area contributed by atoms with Crippen molar-refractivity contribution in [3.8, 4) is 0 Å². The summed E-state index contributed by atoms with van der Waals surface area (Å²) in [7, 11) is 0. The van der Waals surface area contributed by atoms with Crippen molar-refractivity contribution in [2.24, 2.45) is 0 Å². The van der Waals surface area contributed by atoms with E-state index in [0.29, 0.717) is 0 Å². The van der Waals surface area contributed by atoms with Gasteiger partial charge in [0.1, 0.15) is 6.54 Å². The topological polar surface area (TPSA) is 3.88 Å². The van der Waals surface area contributed by atoms with Gasteiger partial charge in [-0.3, -0.25) is 0 Å². The zero-order valence-electron chi connectivity index (χ0n) is 8.79. The molecule has 0 fully saturated rings. The first kappa shape index (κ1) is 10.2. The normalized spacial score (nSPS) is 10.3. The third-order valence-electron chi connectivity index (χ3n) is 2.28. The molecule has 0 N–H and O–H groups in total. The largest absolute Gasteiger partial charge is 0.205 e. The van der Waals surface area contributed by atoms with Crippen LogP contribution in [0.3, 0.4) is 0 Å². The van der Waals surface area contributed by atoms with Gasteiger partial charge in [0.05, 0.1) is 0 Å². The fourth-order valence-corrected chi connectivity index (χ4v) is 1.51. The third kappa shape index (κ3) is 4.07. The van der Waals surface area contributed by atoms with E-state index in [1.807, 2.05) is 0 Å². The minimum Gasteiger partial charge on any atom is -0.205 e. The highest BCUT2D eigenvalue weighted by atomic mass is 14.9. The van der Waals surface area contributed by atoms with E-state index in [0.717, 1.165) is 0 Å². The Kier molecular flexibility index (Phi) is 4.52. The number of aryl methyl sites for hydroxylation is 2. The van der Waals surface area contributed by atoms with E-state index in [2.05, 4.69) is 42.9 Å². The summed E-state index contributed by atoms with van der Waals surface area (Å²) in [6.07, 6.45) is 9.72. The summed E-state index contributed by atoms with van der Waals surface area (Å²) >= 11 is 0. The van der Waals surface area contributed by atoms with Crippen LogP contribution in [0.5, 0.6) is 0 Å². The van der Waals surface area contributed by atoms with Gasteiger partial charge in [-0.15, -0.1) is 0 Å². The Balaban J connectivity index is 2.28. The second-order valence-corrected chi connectivity index (χ2v) is 3.68. The van der Waals surface area contributed by atoms with Crippen molar-refractivity contribution in [1.29, 1.82) is 0 Å². The molecule has 0 aliphatic rings. The summed E-state index contributed by atoms with van der Waals surface area (Å²) in [5.41, 5.74) is 1.35. The average molecular weight is 178 g/mol. The van der Waals surface area contributed by atoms with E-state index in [1.54, 1.807) is 0 Å². The fourth-order valence-electron chi connectivity index (χ4n) is 1.51. The molecule has 0 aromatic carbocycles. The van der Waals surface area contributed by atoms with Crippen molar-refractivity contribution in [1.82, 2.24) is 0 Å². The second kappa shape index (κ2) is 5.74. The predicted octanol–water partition coefficient (Wildman–Crippen LogP) is 2.86. The molecule has 1 rings (SSSR count). The van der Waals surface area contributed by atoms with Gasteiger partial charge in [-0.2, -0.15) is 0 Å². The number of hydrogen-bond acceptors (Lipinski definition) is 0. The summed E-state index contributed by atoms with van der Waals surface area (Å²) in [4.78, 5) is 0. The van der Waals surface area contributed by atoms with Crippen LogP contribution in [0.15, 0.2) is 24.5 Å². The number of nitrogens with zero attached hydrogens (tertiary/aromatic N) is 1. The molecule has 0 amide bonds. The Labute approximate surface area is 81.4 Å². The van der Waals surface area contributed by atoms with Gasteiger partial charge in [0.25, 0.3) is 0 Å². The molecule has 0 spiro atoms. The third-order valence-corrected chi connectivity index (χ3v) is 2.28. The number of unbranched alkanes of at least 4 members (excludes halogenated alkanes) is 3. The number of aromatic nitrogens is 1. The van der Waals surface area contributed by atoms with E-state index in [9.17, 15) is 0 Å². The monoisotopic (exact) mass is 178 g/mol. The molecule has 0 saturated heterocycles. The average Bonchev–Trinajstić information content (AvgIpc) is 2.13. The molecule has 0 bridgehead atoms. The molecule has 1 aromatic heterocycles. The molecule has 0 aliphatic carbocycles. The van der Waals surface area contributed by atoms with E-state index in [1.165, 1.54) is 37.8 Å². The van der Waals surface area contributed by atoms with Crippen molar-refractivity contribution >= 4 is 0 Å². The lowest BCUT2D eigenvalue weighted by Gasteiger charge is -1.97. The van der Waals surface area contributed by atoms with Crippen LogP contribution in [-0.2, 0) is 6.54 Å². The zero-order valence-corrected chi connectivity index (χ0v) is 8.79. The van der Waals surface area contributed by atoms with Gasteiger partial charge in [-0.1, -0.05) is 19.8 Å². The molecular formula is C12H20N+. The molecule has 0 unspecified atom stereocenters. The van der Waals surface area contributed by atoms with Gasteiger partial charge < -0.3 is 0 Å². The Morgan fingerprint density at radius 3 is 2.77 bits per heavy atom. The first-order valence-electron chi connectivity index (χ1n) is 5.28. The molecule has 0 aliphatic heterocycles. The molecule has 0 radical (unpaired) electrons. The lowest BCUT2D eigenvalue weighted by molar-refractivity contribution is -0.697. The lowest BCUT2D eigenvalue weighted by atomic mass is 10.2. The van der Waals surface area contributed by atoms with Crippen molar-refractivity contribution in [2.75, 3.05) is 0 Å². The van der Waals surface area contributed by atoms with Crippen LogP contribution < -0.4 is 4.57 Å². The molecule has 0 atom stereocenters. The highest BCUT2D eigenvalue weighted by Crippen LogP contribution is 1.98. The van der Waals surface area contributed by atoms with Gasteiger partial charge in [0, 0.05) is 18.1 Å². The molecule has 1 nitrogen and oxygen atoms in total. The standard InChI is InChI=1S/C12H20N/c1-3-4-5-6-9-13-10-7-8-12(2)11-13/h7-8,10-11H,3-6,9H2,1-2H3/q+1. The number of pyridine rings is 1. The van der Waals surface area contributed by atoms with Crippen molar-refractivity contribution < 1.29 is 4.57 Å². The SMILES string of the molecule is CCCCCC[n+]1cccc(C)c1. The summed E-state index contributed by atoms with van der Waals surface area (Å²) < 4.78 is 2.28. The van der Waals surface area contributed by atoms with E-state index < -0.39 is 0 Å². The smallest absolute Gasteiger partial charge is 0.171 e. The Bertz CT molecular complexity index is 243. The van der Waals surface area contributed by atoms with Crippen LogP contribution in [0.2, 0.25) is 0 Å². The highest BCUT2D eigenvalue weighted by molar-refractivity contribution is 5.01. The highest BCUT2D eigenvalue weighted by Gasteiger charge is 1.98. The Morgan fingerprint density at radius 2 is 2.08 bits per heavy atom. The molecule has 1 aromatic rings. The maximum Gasteiger partial charge on any atom is 0.171 e. The van der Waals surface area contributed by atoms with Crippen molar-refractivity contribution in [3.63, 3.8) is 0 Å². The van der Waals surface area contributed by atoms with Crippen LogP contribution >= 0.6 is 0 Å². The van der Waals surface area contributed by atoms with Crippen LogP contribution in [0, 0.1) is 6.92 Å². The van der Waals surface area contributed by atoms with Gasteiger partial charge in [-0.25, -0.2) is 4.57 Å². The maximum absolute atomic E-state index is 2.28. The van der Waals surface area contributed by atoms with Crippen LogP contribution in [0.1, 0.15) is 38.2 Å². The zero-order chi connectivity index (χ0) is 9.52. The fraction of sp³-hybridized carbons (Fsp3) is 0.583. The summed E-state index contributed by atoms with van der Waals surface area (Å²) in [6, 6.07) is 4.26. The molecule has 72 valence electrons. The lowest BCUT2D eigenvalue weighted by Crippen LogP contribution is -2.32. The number of hydrogen-bond donors (Lipinski definition) is 0. The molecule has 0 saturated carbocycles. The van der Waals surface area contributed by atoms with Gasteiger partial charge >= 0.3 is 0 Å². The van der Waals surface area contributed by atoms with E-state index >= 15 is 0 Å². The summed E-state index contributed by atoms with van der Waals surface area (Å²) in [6.45, 7) is 5.56. The van der Waals surface area contributed by atoms with Crippen molar-refractivity contribution in [3.05, 3.63) is 30.1 Å². The molecule has 1 heterocycles. The predicted molar refractivity (Wildman–Crippen MR) is 55.5 cm³/mol. The minimum absolute atomic E-state index is 1.17.